The van der Waals surface area contributed by atoms with Gasteiger partial charge in [-0.25, -0.2) is 0 Å². The third kappa shape index (κ3) is 3.37. The molecular weight excluding hydrogens is 392 g/mol. The van der Waals surface area contributed by atoms with Crippen molar-refractivity contribution in [2.75, 3.05) is 20.0 Å². The van der Waals surface area contributed by atoms with E-state index in [0.29, 0.717) is 23.8 Å². The van der Waals surface area contributed by atoms with Gasteiger partial charge >= 0.3 is 0 Å². The third-order valence-corrected chi connectivity index (χ3v) is 5.74. The van der Waals surface area contributed by atoms with E-state index in [4.69, 9.17) is 9.47 Å². The van der Waals surface area contributed by atoms with E-state index in [1.54, 1.807) is 38.4 Å². The van der Waals surface area contributed by atoms with Crippen molar-refractivity contribution in [2.45, 2.75) is 11.9 Å². The van der Waals surface area contributed by atoms with Crippen molar-refractivity contribution in [1.82, 2.24) is 9.88 Å². The van der Waals surface area contributed by atoms with Crippen molar-refractivity contribution in [3.05, 3.63) is 52.3 Å². The number of carbonyl (C=O) groups excluding carboxylic acids is 1. The lowest BCUT2D eigenvalue weighted by atomic mass is 10.1. The van der Waals surface area contributed by atoms with E-state index in [-0.39, 0.29) is 11.3 Å². The molecule has 2 aromatic rings. The quantitative estimate of drug-likeness (QED) is 0.755. The van der Waals surface area contributed by atoms with E-state index >= 15 is 0 Å². The number of hydrogen-bond donors (Lipinski definition) is 0. The molecule has 1 aromatic carbocycles. The number of nitrogens with zero attached hydrogens (tertiary/aromatic N) is 2. The van der Waals surface area contributed by atoms with Crippen LogP contribution >= 0.6 is 27.7 Å². The Hall–Kier alpha value is -1.73. The van der Waals surface area contributed by atoms with E-state index in [1.165, 1.54) is 0 Å². The molecule has 7 heteroatoms. The summed E-state index contributed by atoms with van der Waals surface area (Å²) in [7, 11) is 3.21. The van der Waals surface area contributed by atoms with E-state index in [0.717, 1.165) is 15.6 Å². The molecule has 1 aliphatic heterocycles. The first-order valence-corrected chi connectivity index (χ1v) is 9.19. The van der Waals surface area contributed by atoms with E-state index < -0.39 is 0 Å². The van der Waals surface area contributed by atoms with Crippen LogP contribution in [0.4, 0.5) is 0 Å². The highest BCUT2D eigenvalue weighted by Crippen LogP contribution is 2.45. The summed E-state index contributed by atoms with van der Waals surface area (Å²) in [5.74, 6) is 1.89. The second-order valence-electron chi connectivity index (χ2n) is 5.27. The van der Waals surface area contributed by atoms with Gasteiger partial charge in [-0.2, -0.15) is 0 Å². The van der Waals surface area contributed by atoms with Gasteiger partial charge in [0.1, 0.15) is 5.37 Å². The third-order valence-electron chi connectivity index (χ3n) is 3.81. The summed E-state index contributed by atoms with van der Waals surface area (Å²) in [6, 6.07) is 7.66. The maximum Gasteiger partial charge on any atom is 0.234 e. The van der Waals surface area contributed by atoms with Gasteiger partial charge in [0.15, 0.2) is 11.5 Å². The molecule has 0 bridgehead atoms. The first-order chi connectivity index (χ1) is 11.6. The number of benzene rings is 1. The largest absolute Gasteiger partial charge is 0.493 e. The predicted molar refractivity (Wildman–Crippen MR) is 97.2 cm³/mol. The van der Waals surface area contributed by atoms with Gasteiger partial charge in [-0.05, 0) is 23.8 Å². The Morgan fingerprint density at radius 2 is 2.08 bits per heavy atom. The van der Waals surface area contributed by atoms with Crippen molar-refractivity contribution in [1.29, 1.82) is 0 Å². The number of halogens is 1. The normalized spacial score (nSPS) is 17.2. The lowest BCUT2D eigenvalue weighted by molar-refractivity contribution is -0.128. The van der Waals surface area contributed by atoms with Gasteiger partial charge in [0.25, 0.3) is 0 Å². The van der Waals surface area contributed by atoms with Crippen LogP contribution in [0, 0.1) is 0 Å². The molecule has 3 rings (SSSR count). The number of amides is 1. The van der Waals surface area contributed by atoms with E-state index in [9.17, 15) is 4.79 Å². The molecule has 5 nitrogen and oxygen atoms in total. The minimum Gasteiger partial charge on any atom is -0.493 e. The summed E-state index contributed by atoms with van der Waals surface area (Å²) < 4.78 is 11.6. The van der Waals surface area contributed by atoms with Crippen LogP contribution in [0.1, 0.15) is 16.5 Å². The van der Waals surface area contributed by atoms with Crippen LogP contribution in [-0.4, -0.2) is 35.8 Å². The topological polar surface area (TPSA) is 51.7 Å². The Kier molecular flexibility index (Phi) is 5.30. The molecule has 1 saturated heterocycles. The van der Waals surface area contributed by atoms with Crippen LogP contribution in [0.5, 0.6) is 11.5 Å². The van der Waals surface area contributed by atoms with Gasteiger partial charge < -0.3 is 14.4 Å². The first-order valence-electron chi connectivity index (χ1n) is 7.35. The second kappa shape index (κ2) is 7.44. The minimum absolute atomic E-state index is 0.0770. The molecule has 126 valence electrons. The van der Waals surface area contributed by atoms with Crippen molar-refractivity contribution >= 4 is 33.6 Å². The molecule has 2 heterocycles. The molecule has 1 fully saturated rings. The summed E-state index contributed by atoms with van der Waals surface area (Å²) in [5, 5.41) is -0.0770. The number of pyridine rings is 1. The number of ether oxygens (including phenoxy) is 2. The molecule has 1 aromatic heterocycles. The molecule has 1 amide bonds. The Morgan fingerprint density at radius 1 is 1.33 bits per heavy atom. The average Bonchev–Trinajstić information content (AvgIpc) is 2.96. The lowest BCUT2D eigenvalue weighted by Crippen LogP contribution is -2.27. The fraction of sp³-hybridized carbons (Fsp3) is 0.294. The number of methoxy groups -OCH3 is 2. The summed E-state index contributed by atoms with van der Waals surface area (Å²) >= 11 is 5.20. The maximum atomic E-state index is 12.4. The summed E-state index contributed by atoms with van der Waals surface area (Å²) in [6.45, 7) is 0.533. The Balaban J connectivity index is 1.94. The molecule has 0 saturated carbocycles. The number of carbonyl (C=O) groups is 1. The molecule has 0 radical (unpaired) electrons. The number of hydrogen-bond acceptors (Lipinski definition) is 5. The smallest absolute Gasteiger partial charge is 0.234 e. The summed E-state index contributed by atoms with van der Waals surface area (Å²) in [6.07, 6.45) is 3.52. The van der Waals surface area contributed by atoms with E-state index in [2.05, 4.69) is 20.9 Å². The van der Waals surface area contributed by atoms with Gasteiger partial charge in [0.2, 0.25) is 5.91 Å². The van der Waals surface area contributed by atoms with Gasteiger partial charge in [0, 0.05) is 29.0 Å². The Labute approximate surface area is 153 Å². The van der Waals surface area contributed by atoms with Gasteiger partial charge in [-0.1, -0.05) is 22.0 Å². The van der Waals surface area contributed by atoms with Gasteiger partial charge in [-0.15, -0.1) is 11.8 Å². The van der Waals surface area contributed by atoms with Crippen LogP contribution in [0.15, 0.2) is 41.1 Å². The molecule has 0 spiro atoms. The van der Waals surface area contributed by atoms with Crippen LogP contribution in [-0.2, 0) is 11.3 Å². The molecular formula is C17H17BrN2O3S. The standard InChI is InChI=1S/C17H17BrN2O3S/c1-22-14-6-12(13(18)7-15(14)23-2)17-20(16(21)10-24-17)9-11-4-3-5-19-8-11/h3-8,17H,9-10H2,1-2H3. The monoisotopic (exact) mass is 408 g/mol. The highest BCUT2D eigenvalue weighted by molar-refractivity contribution is 9.10. The molecule has 1 aliphatic rings. The number of aromatic nitrogens is 1. The first kappa shape index (κ1) is 17.1. The zero-order valence-electron chi connectivity index (χ0n) is 13.4. The van der Waals surface area contributed by atoms with Crippen LogP contribution in [0.2, 0.25) is 0 Å². The average molecular weight is 409 g/mol. The van der Waals surface area contributed by atoms with Crippen molar-refractivity contribution < 1.29 is 14.3 Å². The van der Waals surface area contributed by atoms with E-state index in [1.807, 2.05) is 29.2 Å². The fourth-order valence-corrected chi connectivity index (χ4v) is 4.53. The number of thioether (sulfide) groups is 1. The van der Waals surface area contributed by atoms with Crippen LogP contribution in [0.3, 0.4) is 0 Å². The molecule has 0 aliphatic carbocycles. The van der Waals surface area contributed by atoms with Crippen LogP contribution in [0.25, 0.3) is 0 Å². The summed E-state index contributed by atoms with van der Waals surface area (Å²) in [5.41, 5.74) is 2.00. The minimum atomic E-state index is -0.0770. The molecule has 1 unspecified atom stereocenters. The fourth-order valence-electron chi connectivity index (χ4n) is 2.63. The molecule has 24 heavy (non-hydrogen) atoms. The zero-order valence-corrected chi connectivity index (χ0v) is 15.8. The number of rotatable bonds is 5. The lowest BCUT2D eigenvalue weighted by Gasteiger charge is -2.25. The SMILES string of the molecule is COc1cc(Br)c(C2SCC(=O)N2Cc2cccnc2)cc1OC. The predicted octanol–water partition coefficient (Wildman–Crippen LogP) is 3.64. The molecule has 0 N–H and O–H groups in total. The highest BCUT2D eigenvalue weighted by Gasteiger charge is 2.34. The van der Waals surface area contributed by atoms with Crippen molar-refractivity contribution in [3.8, 4) is 11.5 Å². The summed E-state index contributed by atoms with van der Waals surface area (Å²) in [4.78, 5) is 18.4. The Bertz CT molecular complexity index is 742. The zero-order chi connectivity index (χ0) is 17.1. The highest BCUT2D eigenvalue weighted by atomic mass is 79.9. The van der Waals surface area contributed by atoms with Gasteiger partial charge in [0.05, 0.1) is 20.0 Å². The molecule has 1 atom stereocenters. The van der Waals surface area contributed by atoms with Gasteiger partial charge in [-0.3, -0.25) is 9.78 Å². The van der Waals surface area contributed by atoms with Crippen LogP contribution < -0.4 is 9.47 Å². The van der Waals surface area contributed by atoms with Crippen molar-refractivity contribution in [3.63, 3.8) is 0 Å². The Morgan fingerprint density at radius 3 is 2.75 bits per heavy atom. The van der Waals surface area contributed by atoms with Crippen molar-refractivity contribution in [2.24, 2.45) is 0 Å². The second-order valence-corrected chi connectivity index (χ2v) is 7.20. The maximum absolute atomic E-state index is 12.4.